The second-order valence-corrected chi connectivity index (χ2v) is 5.15. The molecule has 20 heavy (non-hydrogen) atoms. The standard InChI is InChI=1S/C17H26O3/c1-13(2)17(19)10-9-14(3)7-6-8-15(4)11-12-20-16(5)18/h7,11H,1,6,8-10,12H2,2-5H3. The highest BCUT2D eigenvalue weighted by atomic mass is 16.5. The molecule has 0 aromatic rings. The van der Waals surface area contributed by atoms with E-state index in [2.05, 4.69) is 12.7 Å². The Bertz CT molecular complexity index is 414. The molecule has 0 aliphatic carbocycles. The molecule has 0 heterocycles. The first-order chi connectivity index (χ1) is 9.32. The van der Waals surface area contributed by atoms with Crippen LogP contribution in [-0.4, -0.2) is 18.4 Å². The Hall–Kier alpha value is -1.64. The maximum Gasteiger partial charge on any atom is 0.302 e. The third-order valence-corrected chi connectivity index (χ3v) is 2.97. The summed E-state index contributed by atoms with van der Waals surface area (Å²) in [5.41, 5.74) is 3.06. The van der Waals surface area contributed by atoms with Crippen LogP contribution in [0.1, 0.15) is 53.4 Å². The highest BCUT2D eigenvalue weighted by Crippen LogP contribution is 2.11. The molecular formula is C17H26O3. The zero-order chi connectivity index (χ0) is 15.5. The van der Waals surface area contributed by atoms with Crippen molar-refractivity contribution < 1.29 is 14.3 Å². The van der Waals surface area contributed by atoms with E-state index in [-0.39, 0.29) is 11.8 Å². The van der Waals surface area contributed by atoms with Crippen molar-refractivity contribution >= 4 is 11.8 Å². The van der Waals surface area contributed by atoms with Crippen LogP contribution in [0.25, 0.3) is 0 Å². The summed E-state index contributed by atoms with van der Waals surface area (Å²) in [6.07, 6.45) is 7.30. The van der Waals surface area contributed by atoms with Gasteiger partial charge in [-0.05, 0) is 51.7 Å². The zero-order valence-electron chi connectivity index (χ0n) is 13.1. The highest BCUT2D eigenvalue weighted by Gasteiger charge is 2.02. The van der Waals surface area contributed by atoms with Crippen LogP contribution in [0.3, 0.4) is 0 Å². The fourth-order valence-electron chi connectivity index (χ4n) is 1.58. The number of carbonyl (C=O) groups excluding carboxylic acids is 2. The van der Waals surface area contributed by atoms with E-state index in [0.29, 0.717) is 18.6 Å². The number of Topliss-reactive ketones (excluding diaryl/α,β-unsaturated/α-hetero) is 1. The zero-order valence-corrected chi connectivity index (χ0v) is 13.1. The fourth-order valence-corrected chi connectivity index (χ4v) is 1.58. The lowest BCUT2D eigenvalue weighted by atomic mass is 10.0. The van der Waals surface area contributed by atoms with Crippen LogP contribution >= 0.6 is 0 Å². The van der Waals surface area contributed by atoms with Gasteiger partial charge in [0.25, 0.3) is 0 Å². The van der Waals surface area contributed by atoms with Crippen molar-refractivity contribution in [3.8, 4) is 0 Å². The molecule has 0 N–H and O–H groups in total. The minimum Gasteiger partial charge on any atom is -0.462 e. The smallest absolute Gasteiger partial charge is 0.302 e. The van der Waals surface area contributed by atoms with Gasteiger partial charge < -0.3 is 4.74 Å². The number of carbonyl (C=O) groups is 2. The summed E-state index contributed by atoms with van der Waals surface area (Å²) in [5, 5.41) is 0. The summed E-state index contributed by atoms with van der Waals surface area (Å²) < 4.78 is 4.85. The van der Waals surface area contributed by atoms with Gasteiger partial charge in [-0.3, -0.25) is 9.59 Å². The molecule has 0 saturated heterocycles. The molecule has 0 aliphatic heterocycles. The largest absolute Gasteiger partial charge is 0.462 e. The normalized spacial score (nSPS) is 12.2. The molecule has 0 rings (SSSR count). The van der Waals surface area contributed by atoms with Crippen molar-refractivity contribution in [2.24, 2.45) is 0 Å². The first kappa shape index (κ1) is 18.4. The van der Waals surface area contributed by atoms with Crippen LogP contribution in [0.2, 0.25) is 0 Å². The van der Waals surface area contributed by atoms with Crippen LogP contribution in [0.15, 0.2) is 35.5 Å². The molecule has 0 amide bonds. The lowest BCUT2D eigenvalue weighted by Gasteiger charge is -2.03. The van der Waals surface area contributed by atoms with E-state index in [1.165, 1.54) is 18.1 Å². The van der Waals surface area contributed by atoms with E-state index in [4.69, 9.17) is 4.74 Å². The average Bonchev–Trinajstić information content (AvgIpc) is 2.35. The number of esters is 1. The molecular weight excluding hydrogens is 252 g/mol. The molecule has 0 aliphatic rings. The molecule has 0 aromatic carbocycles. The minimum atomic E-state index is -0.257. The molecule has 0 fully saturated rings. The van der Waals surface area contributed by atoms with Gasteiger partial charge in [0.1, 0.15) is 6.61 Å². The summed E-state index contributed by atoms with van der Waals surface area (Å²) in [7, 11) is 0. The first-order valence-corrected chi connectivity index (χ1v) is 6.96. The third kappa shape index (κ3) is 10.3. The van der Waals surface area contributed by atoms with Gasteiger partial charge in [-0.25, -0.2) is 0 Å². The maximum absolute atomic E-state index is 11.4. The summed E-state index contributed by atoms with van der Waals surface area (Å²) in [6, 6.07) is 0. The Labute approximate surface area is 122 Å². The molecule has 112 valence electrons. The van der Waals surface area contributed by atoms with E-state index < -0.39 is 0 Å². The minimum absolute atomic E-state index is 0.134. The van der Waals surface area contributed by atoms with Crippen molar-refractivity contribution in [3.63, 3.8) is 0 Å². The fraction of sp³-hybridized carbons (Fsp3) is 0.529. The molecule has 3 heteroatoms. The quantitative estimate of drug-likeness (QED) is 0.361. The number of rotatable bonds is 9. The molecule has 3 nitrogen and oxygen atoms in total. The van der Waals surface area contributed by atoms with Crippen LogP contribution in [-0.2, 0) is 14.3 Å². The van der Waals surface area contributed by atoms with Crippen LogP contribution in [0.4, 0.5) is 0 Å². The van der Waals surface area contributed by atoms with Gasteiger partial charge in [-0.1, -0.05) is 23.8 Å². The number of ether oxygens (including phenoxy) is 1. The van der Waals surface area contributed by atoms with Crippen molar-refractivity contribution in [1.82, 2.24) is 0 Å². The first-order valence-electron chi connectivity index (χ1n) is 6.96. The number of hydrogen-bond acceptors (Lipinski definition) is 3. The summed E-state index contributed by atoms with van der Waals surface area (Å²) in [5.74, 6) is -0.123. The second-order valence-electron chi connectivity index (χ2n) is 5.15. The van der Waals surface area contributed by atoms with E-state index in [1.54, 1.807) is 6.92 Å². The Kier molecular flexibility index (Phi) is 9.35. The third-order valence-electron chi connectivity index (χ3n) is 2.97. The lowest BCUT2D eigenvalue weighted by Crippen LogP contribution is -1.98. The molecule has 0 bridgehead atoms. The van der Waals surface area contributed by atoms with Crippen molar-refractivity contribution in [1.29, 1.82) is 0 Å². The molecule has 0 aromatic heterocycles. The lowest BCUT2D eigenvalue weighted by molar-refractivity contribution is -0.139. The number of hydrogen-bond donors (Lipinski definition) is 0. The van der Waals surface area contributed by atoms with Gasteiger partial charge in [0.05, 0.1) is 0 Å². The maximum atomic E-state index is 11.4. The van der Waals surface area contributed by atoms with Gasteiger partial charge in [-0.2, -0.15) is 0 Å². The van der Waals surface area contributed by atoms with Crippen molar-refractivity contribution in [2.45, 2.75) is 53.4 Å². The van der Waals surface area contributed by atoms with Crippen molar-refractivity contribution in [2.75, 3.05) is 6.61 Å². The Morgan fingerprint density at radius 3 is 2.10 bits per heavy atom. The topological polar surface area (TPSA) is 43.4 Å². The van der Waals surface area contributed by atoms with Gasteiger partial charge in [0.15, 0.2) is 5.78 Å². The number of ketones is 1. The van der Waals surface area contributed by atoms with Crippen molar-refractivity contribution in [3.05, 3.63) is 35.5 Å². The Morgan fingerprint density at radius 2 is 1.55 bits per heavy atom. The highest BCUT2D eigenvalue weighted by molar-refractivity contribution is 5.94. The second kappa shape index (κ2) is 10.2. The summed E-state index contributed by atoms with van der Waals surface area (Å²) >= 11 is 0. The Balaban J connectivity index is 3.95. The molecule has 0 atom stereocenters. The number of allylic oxidation sites excluding steroid dienone is 4. The average molecular weight is 278 g/mol. The molecule has 0 unspecified atom stereocenters. The SMILES string of the molecule is C=C(C)C(=O)CCC(C)=CCCC(C)=CCOC(C)=O. The van der Waals surface area contributed by atoms with Crippen LogP contribution in [0.5, 0.6) is 0 Å². The molecule has 0 spiro atoms. The summed E-state index contributed by atoms with van der Waals surface area (Å²) in [4.78, 5) is 22.0. The van der Waals surface area contributed by atoms with E-state index in [1.807, 2.05) is 19.9 Å². The molecule has 0 radical (unpaired) electrons. The van der Waals surface area contributed by atoms with Gasteiger partial charge in [-0.15, -0.1) is 0 Å². The summed E-state index contributed by atoms with van der Waals surface area (Å²) in [6.45, 7) is 11.2. The van der Waals surface area contributed by atoms with Gasteiger partial charge >= 0.3 is 5.97 Å². The van der Waals surface area contributed by atoms with Crippen LogP contribution < -0.4 is 0 Å². The van der Waals surface area contributed by atoms with E-state index in [0.717, 1.165) is 19.3 Å². The predicted molar refractivity (Wildman–Crippen MR) is 82.4 cm³/mol. The van der Waals surface area contributed by atoms with E-state index in [9.17, 15) is 9.59 Å². The molecule has 0 saturated carbocycles. The van der Waals surface area contributed by atoms with Crippen LogP contribution in [0, 0.1) is 0 Å². The predicted octanol–water partition coefficient (Wildman–Crippen LogP) is 4.15. The van der Waals surface area contributed by atoms with E-state index >= 15 is 0 Å². The van der Waals surface area contributed by atoms with Gasteiger partial charge in [0.2, 0.25) is 0 Å². The van der Waals surface area contributed by atoms with Gasteiger partial charge in [0, 0.05) is 13.3 Å². The monoisotopic (exact) mass is 278 g/mol. The Morgan fingerprint density at radius 1 is 0.950 bits per heavy atom.